The van der Waals surface area contributed by atoms with Gasteiger partial charge >= 0.3 is 0 Å². The molecule has 4 rings (SSSR count). The number of piperidine rings is 1. The Hall–Kier alpha value is -3.81. The van der Waals surface area contributed by atoms with Crippen LogP contribution in [0.4, 0.5) is 5.69 Å². The first-order valence-corrected chi connectivity index (χ1v) is 11.4. The molecule has 0 aliphatic carbocycles. The first kappa shape index (κ1) is 23.4. The molecular weight excluding hydrogens is 432 g/mol. The highest BCUT2D eigenvalue weighted by Crippen LogP contribution is 2.34. The monoisotopic (exact) mass is 462 g/mol. The standard InChI is InChI=1S/C26H30N4O4/c1-18-23(26(32)30(28(18)2)20-11-7-5-8-12-20)27-17-19-13-14-21(33-3)24(34-4)22(19)25(31)29-15-9-6-10-16-29/h5,7-8,11-14,17H,6,9-10,15-16H2,1-4H3. The van der Waals surface area contributed by atoms with Gasteiger partial charge in [-0.1, -0.05) is 18.2 Å². The normalized spacial score (nSPS) is 13.9. The van der Waals surface area contributed by atoms with Crippen LogP contribution in [0, 0.1) is 6.92 Å². The molecule has 0 unspecified atom stereocenters. The number of hydrogen-bond acceptors (Lipinski definition) is 5. The second kappa shape index (κ2) is 9.99. The first-order chi connectivity index (χ1) is 16.5. The van der Waals surface area contributed by atoms with Crippen molar-refractivity contribution in [2.75, 3.05) is 27.3 Å². The van der Waals surface area contributed by atoms with Crippen LogP contribution in [0.3, 0.4) is 0 Å². The van der Waals surface area contributed by atoms with Crippen LogP contribution < -0.4 is 15.0 Å². The van der Waals surface area contributed by atoms with E-state index in [1.165, 1.54) is 7.11 Å². The van der Waals surface area contributed by atoms with Gasteiger partial charge in [-0.05, 0) is 50.5 Å². The van der Waals surface area contributed by atoms with Crippen LogP contribution in [-0.4, -0.2) is 53.7 Å². The van der Waals surface area contributed by atoms with Gasteiger partial charge in [0.15, 0.2) is 17.2 Å². The van der Waals surface area contributed by atoms with E-state index in [0.717, 1.165) is 30.6 Å². The molecule has 8 nitrogen and oxygen atoms in total. The number of hydrogen-bond donors (Lipinski definition) is 0. The van der Waals surface area contributed by atoms with Crippen LogP contribution in [0.15, 0.2) is 52.3 Å². The number of ether oxygens (including phenoxy) is 2. The lowest BCUT2D eigenvalue weighted by Crippen LogP contribution is -2.36. The van der Waals surface area contributed by atoms with E-state index in [2.05, 4.69) is 4.99 Å². The predicted octanol–water partition coefficient (Wildman–Crippen LogP) is 3.88. The minimum atomic E-state index is -0.230. The number of rotatable bonds is 6. The van der Waals surface area contributed by atoms with E-state index < -0.39 is 0 Å². The number of nitrogens with zero attached hydrogens (tertiary/aromatic N) is 4. The summed E-state index contributed by atoms with van der Waals surface area (Å²) >= 11 is 0. The quantitative estimate of drug-likeness (QED) is 0.521. The number of carbonyl (C=O) groups excluding carboxylic acids is 1. The van der Waals surface area contributed by atoms with E-state index in [9.17, 15) is 9.59 Å². The second-order valence-corrected chi connectivity index (χ2v) is 8.29. The third-order valence-corrected chi connectivity index (χ3v) is 6.29. The van der Waals surface area contributed by atoms with Crippen LogP contribution in [0.1, 0.15) is 40.9 Å². The van der Waals surface area contributed by atoms with Crippen LogP contribution >= 0.6 is 0 Å². The molecule has 3 aromatic rings. The number of amides is 1. The highest BCUT2D eigenvalue weighted by molar-refractivity contribution is 6.05. The van der Waals surface area contributed by atoms with Gasteiger partial charge in [0.1, 0.15) is 0 Å². The van der Waals surface area contributed by atoms with Crippen molar-refractivity contribution in [2.45, 2.75) is 26.2 Å². The fourth-order valence-electron chi connectivity index (χ4n) is 4.36. The number of likely N-dealkylation sites (tertiary alicyclic amines) is 1. The molecule has 2 heterocycles. The topological polar surface area (TPSA) is 78.1 Å². The summed E-state index contributed by atoms with van der Waals surface area (Å²) in [5, 5.41) is 0. The van der Waals surface area contributed by atoms with E-state index >= 15 is 0 Å². The SMILES string of the molecule is COc1ccc(C=Nc2c(C)n(C)n(-c3ccccc3)c2=O)c(C(=O)N2CCCCC2)c1OC. The van der Waals surface area contributed by atoms with E-state index in [0.29, 0.717) is 41.4 Å². The minimum Gasteiger partial charge on any atom is -0.493 e. The zero-order chi connectivity index (χ0) is 24.2. The summed E-state index contributed by atoms with van der Waals surface area (Å²) < 4.78 is 14.4. The molecule has 0 saturated carbocycles. The molecule has 0 spiro atoms. The van der Waals surface area contributed by atoms with Crippen molar-refractivity contribution in [3.05, 3.63) is 69.6 Å². The molecule has 1 fully saturated rings. The minimum absolute atomic E-state index is 0.122. The van der Waals surface area contributed by atoms with Crippen molar-refractivity contribution in [2.24, 2.45) is 12.0 Å². The van der Waals surface area contributed by atoms with Crippen molar-refractivity contribution in [3.63, 3.8) is 0 Å². The van der Waals surface area contributed by atoms with Gasteiger partial charge in [0.05, 0.1) is 31.2 Å². The molecule has 1 aromatic heterocycles. The Kier molecular flexibility index (Phi) is 6.86. The summed E-state index contributed by atoms with van der Waals surface area (Å²) in [5.41, 5.74) is 2.53. The van der Waals surface area contributed by atoms with Gasteiger partial charge < -0.3 is 14.4 Å². The maximum absolute atomic E-state index is 13.5. The fourth-order valence-corrected chi connectivity index (χ4v) is 4.36. The average Bonchev–Trinajstić information content (AvgIpc) is 3.09. The average molecular weight is 463 g/mol. The number of aromatic nitrogens is 2. The van der Waals surface area contributed by atoms with Gasteiger partial charge in [0.2, 0.25) is 0 Å². The molecule has 0 bridgehead atoms. The van der Waals surface area contributed by atoms with Crippen molar-refractivity contribution < 1.29 is 14.3 Å². The van der Waals surface area contributed by atoms with Gasteiger partial charge in [-0.2, -0.15) is 0 Å². The Morgan fingerprint density at radius 1 is 1.00 bits per heavy atom. The van der Waals surface area contributed by atoms with Gasteiger partial charge in [0.25, 0.3) is 11.5 Å². The molecule has 1 amide bonds. The molecular formula is C26H30N4O4. The smallest absolute Gasteiger partial charge is 0.297 e. The summed E-state index contributed by atoms with van der Waals surface area (Å²) in [5.74, 6) is 0.721. The van der Waals surface area contributed by atoms with Gasteiger partial charge in [-0.25, -0.2) is 9.67 Å². The number of carbonyl (C=O) groups is 1. The molecule has 0 radical (unpaired) electrons. The lowest BCUT2D eigenvalue weighted by molar-refractivity contribution is 0.0720. The highest BCUT2D eigenvalue weighted by atomic mass is 16.5. The molecule has 0 atom stereocenters. The maximum atomic E-state index is 13.5. The molecule has 0 N–H and O–H groups in total. The Bertz CT molecular complexity index is 1270. The largest absolute Gasteiger partial charge is 0.493 e. The predicted molar refractivity (Wildman–Crippen MR) is 132 cm³/mol. The lowest BCUT2D eigenvalue weighted by Gasteiger charge is -2.28. The highest BCUT2D eigenvalue weighted by Gasteiger charge is 2.26. The Morgan fingerprint density at radius 2 is 1.71 bits per heavy atom. The molecule has 34 heavy (non-hydrogen) atoms. The van der Waals surface area contributed by atoms with Gasteiger partial charge in [-0.3, -0.25) is 14.3 Å². The van der Waals surface area contributed by atoms with Crippen LogP contribution in [-0.2, 0) is 7.05 Å². The first-order valence-electron chi connectivity index (χ1n) is 11.4. The number of aliphatic imine (C=N–C) groups is 1. The third-order valence-electron chi connectivity index (χ3n) is 6.29. The van der Waals surface area contributed by atoms with Crippen molar-refractivity contribution in [3.8, 4) is 17.2 Å². The maximum Gasteiger partial charge on any atom is 0.297 e. The number of benzene rings is 2. The molecule has 178 valence electrons. The number of para-hydroxylation sites is 1. The fraction of sp³-hybridized carbons (Fsp3) is 0.346. The van der Waals surface area contributed by atoms with E-state index in [1.807, 2.05) is 49.2 Å². The summed E-state index contributed by atoms with van der Waals surface area (Å²) in [4.78, 5) is 33.1. The molecule has 8 heteroatoms. The summed E-state index contributed by atoms with van der Waals surface area (Å²) in [7, 11) is 4.89. The summed E-state index contributed by atoms with van der Waals surface area (Å²) in [6, 6.07) is 12.9. The molecule has 1 aliphatic rings. The van der Waals surface area contributed by atoms with E-state index in [4.69, 9.17) is 9.47 Å². The Balaban J connectivity index is 1.80. The van der Waals surface area contributed by atoms with Crippen molar-refractivity contribution in [1.82, 2.24) is 14.3 Å². The Morgan fingerprint density at radius 3 is 2.35 bits per heavy atom. The zero-order valence-corrected chi connectivity index (χ0v) is 20.1. The van der Waals surface area contributed by atoms with Crippen molar-refractivity contribution >= 4 is 17.8 Å². The van der Waals surface area contributed by atoms with Crippen LogP contribution in [0.5, 0.6) is 11.5 Å². The van der Waals surface area contributed by atoms with Gasteiger partial charge in [0, 0.05) is 31.9 Å². The summed E-state index contributed by atoms with van der Waals surface area (Å²) in [6.07, 6.45) is 4.64. The van der Waals surface area contributed by atoms with Crippen molar-refractivity contribution in [1.29, 1.82) is 0 Å². The van der Waals surface area contributed by atoms with E-state index in [-0.39, 0.29) is 11.5 Å². The second-order valence-electron chi connectivity index (χ2n) is 8.29. The van der Waals surface area contributed by atoms with Gasteiger partial charge in [-0.15, -0.1) is 0 Å². The van der Waals surface area contributed by atoms with E-state index in [1.54, 1.807) is 34.8 Å². The molecule has 1 saturated heterocycles. The lowest BCUT2D eigenvalue weighted by atomic mass is 10.0. The molecule has 1 aliphatic heterocycles. The third kappa shape index (κ3) is 4.23. The summed E-state index contributed by atoms with van der Waals surface area (Å²) in [6.45, 7) is 3.26. The van der Waals surface area contributed by atoms with Crippen LogP contribution in [0.2, 0.25) is 0 Å². The number of methoxy groups -OCH3 is 2. The Labute approximate surface area is 199 Å². The zero-order valence-electron chi connectivity index (χ0n) is 20.1. The van der Waals surface area contributed by atoms with Crippen LogP contribution in [0.25, 0.3) is 5.69 Å². The molecule has 2 aromatic carbocycles.